The summed E-state index contributed by atoms with van der Waals surface area (Å²) in [6, 6.07) is 1.25. The number of esters is 1. The minimum absolute atomic E-state index is 0.0522. The predicted molar refractivity (Wildman–Crippen MR) is 60.8 cm³/mol. The number of aromatic nitrogens is 1. The van der Waals surface area contributed by atoms with E-state index in [1.165, 1.54) is 13.2 Å². The highest BCUT2D eigenvalue weighted by Gasteiger charge is 2.21. The zero-order valence-electron chi connectivity index (χ0n) is 10.5. The van der Waals surface area contributed by atoms with Crippen LogP contribution in [0, 0.1) is 6.92 Å². The van der Waals surface area contributed by atoms with Crippen LogP contribution in [0.2, 0.25) is 0 Å². The van der Waals surface area contributed by atoms with Crippen molar-refractivity contribution in [2.24, 2.45) is 0 Å². The van der Waals surface area contributed by atoms with Crippen LogP contribution in [-0.4, -0.2) is 24.7 Å². The first kappa shape index (κ1) is 14.3. The molecule has 0 N–H and O–H groups in total. The van der Waals surface area contributed by atoms with Crippen LogP contribution in [0.15, 0.2) is 6.07 Å². The Morgan fingerprint density at radius 3 is 2.67 bits per heavy atom. The molecule has 0 saturated heterocycles. The van der Waals surface area contributed by atoms with Crippen molar-refractivity contribution in [2.75, 3.05) is 13.7 Å². The number of nitrogens with zero attached hydrogens (tertiary/aromatic N) is 1. The molecule has 1 rings (SSSR count). The van der Waals surface area contributed by atoms with Gasteiger partial charge in [-0.3, -0.25) is 9.78 Å². The summed E-state index contributed by atoms with van der Waals surface area (Å²) in [5, 5.41) is 0. The molecule has 0 atom stereocenters. The summed E-state index contributed by atoms with van der Waals surface area (Å²) in [5.41, 5.74) is 0.320. The first-order valence-electron chi connectivity index (χ1n) is 5.47. The number of hydrogen-bond acceptors (Lipinski definition) is 4. The third kappa shape index (κ3) is 3.38. The van der Waals surface area contributed by atoms with Crippen molar-refractivity contribution in [3.63, 3.8) is 0 Å². The van der Waals surface area contributed by atoms with E-state index in [9.17, 15) is 13.6 Å². The summed E-state index contributed by atoms with van der Waals surface area (Å²) in [6.45, 7) is 3.48. The lowest BCUT2D eigenvalue weighted by atomic mass is 10.1. The van der Waals surface area contributed by atoms with Crippen LogP contribution in [0.1, 0.15) is 30.3 Å². The maximum absolute atomic E-state index is 12.8. The Kier molecular flexibility index (Phi) is 5.00. The van der Waals surface area contributed by atoms with Crippen LogP contribution in [0.3, 0.4) is 0 Å². The standard InChI is InChI=1S/C12H15F2NO3/c1-4-18-10(16)6-9-11(17-3)8(12(13)14)5-7(2)15-9/h5,12H,4,6H2,1-3H3. The van der Waals surface area contributed by atoms with Gasteiger partial charge in [0.2, 0.25) is 0 Å². The molecule has 0 radical (unpaired) electrons. The van der Waals surface area contributed by atoms with Gasteiger partial charge in [-0.05, 0) is 19.9 Å². The topological polar surface area (TPSA) is 48.4 Å². The van der Waals surface area contributed by atoms with Gasteiger partial charge in [0.1, 0.15) is 5.75 Å². The van der Waals surface area contributed by atoms with Crippen molar-refractivity contribution in [1.29, 1.82) is 0 Å². The zero-order chi connectivity index (χ0) is 13.7. The lowest BCUT2D eigenvalue weighted by molar-refractivity contribution is -0.142. The van der Waals surface area contributed by atoms with Gasteiger partial charge in [-0.15, -0.1) is 0 Å². The van der Waals surface area contributed by atoms with Crippen LogP contribution >= 0.6 is 0 Å². The van der Waals surface area contributed by atoms with E-state index in [1.54, 1.807) is 13.8 Å². The van der Waals surface area contributed by atoms with Crippen LogP contribution in [0.5, 0.6) is 5.75 Å². The molecule has 100 valence electrons. The number of halogens is 2. The highest BCUT2D eigenvalue weighted by Crippen LogP contribution is 2.32. The smallest absolute Gasteiger partial charge is 0.312 e. The minimum atomic E-state index is -2.68. The normalized spacial score (nSPS) is 10.6. The summed E-state index contributed by atoms with van der Waals surface area (Å²) in [5.74, 6) is -0.572. The van der Waals surface area contributed by atoms with E-state index < -0.39 is 12.4 Å². The maximum Gasteiger partial charge on any atom is 0.312 e. The van der Waals surface area contributed by atoms with E-state index in [4.69, 9.17) is 9.47 Å². The Balaban J connectivity index is 3.13. The lowest BCUT2D eigenvalue weighted by Gasteiger charge is -2.13. The van der Waals surface area contributed by atoms with Crippen molar-refractivity contribution in [2.45, 2.75) is 26.7 Å². The number of rotatable bonds is 5. The molecule has 0 spiro atoms. The molecule has 18 heavy (non-hydrogen) atoms. The highest BCUT2D eigenvalue weighted by molar-refractivity contribution is 5.73. The third-order valence-electron chi connectivity index (χ3n) is 2.26. The van der Waals surface area contributed by atoms with Gasteiger partial charge in [0, 0.05) is 5.69 Å². The fourth-order valence-electron chi connectivity index (χ4n) is 1.62. The molecule has 0 aliphatic heterocycles. The van der Waals surface area contributed by atoms with E-state index in [2.05, 4.69) is 4.98 Å². The lowest BCUT2D eigenvalue weighted by Crippen LogP contribution is -2.11. The Labute approximate surface area is 104 Å². The van der Waals surface area contributed by atoms with E-state index in [0.29, 0.717) is 5.69 Å². The van der Waals surface area contributed by atoms with Crippen molar-refractivity contribution in [3.8, 4) is 5.75 Å². The Morgan fingerprint density at radius 2 is 2.17 bits per heavy atom. The summed E-state index contributed by atoms with van der Waals surface area (Å²) in [7, 11) is 1.27. The number of alkyl halides is 2. The van der Waals surface area contributed by atoms with Crippen molar-refractivity contribution in [1.82, 2.24) is 4.98 Å². The average molecular weight is 259 g/mol. The highest BCUT2D eigenvalue weighted by atomic mass is 19.3. The van der Waals surface area contributed by atoms with Crippen molar-refractivity contribution in [3.05, 3.63) is 23.0 Å². The molecule has 0 unspecified atom stereocenters. The Morgan fingerprint density at radius 1 is 1.50 bits per heavy atom. The molecule has 0 amide bonds. The Bertz CT molecular complexity index is 436. The summed E-state index contributed by atoms with van der Waals surface area (Å²) in [6.07, 6.45) is -2.86. The largest absolute Gasteiger partial charge is 0.494 e. The van der Waals surface area contributed by atoms with E-state index in [-0.39, 0.29) is 30.0 Å². The third-order valence-corrected chi connectivity index (χ3v) is 2.26. The second-order valence-corrected chi connectivity index (χ2v) is 3.62. The number of aryl methyl sites for hydroxylation is 1. The first-order chi connectivity index (χ1) is 8.49. The molecular weight excluding hydrogens is 244 g/mol. The number of hydrogen-bond donors (Lipinski definition) is 0. The first-order valence-corrected chi connectivity index (χ1v) is 5.47. The quantitative estimate of drug-likeness (QED) is 0.762. The number of pyridine rings is 1. The average Bonchev–Trinajstić information content (AvgIpc) is 2.28. The molecule has 4 nitrogen and oxygen atoms in total. The van der Waals surface area contributed by atoms with Crippen LogP contribution in [0.4, 0.5) is 8.78 Å². The molecule has 1 aromatic rings. The molecule has 0 bridgehead atoms. The van der Waals surface area contributed by atoms with Gasteiger partial charge < -0.3 is 9.47 Å². The van der Waals surface area contributed by atoms with Crippen molar-refractivity contribution >= 4 is 5.97 Å². The van der Waals surface area contributed by atoms with Crippen LogP contribution in [0.25, 0.3) is 0 Å². The number of carbonyl (C=O) groups is 1. The molecule has 0 aliphatic rings. The van der Waals surface area contributed by atoms with Gasteiger partial charge in [0.25, 0.3) is 6.43 Å². The fourth-order valence-corrected chi connectivity index (χ4v) is 1.62. The van der Waals surface area contributed by atoms with E-state index in [1.807, 2.05) is 0 Å². The fraction of sp³-hybridized carbons (Fsp3) is 0.500. The summed E-state index contributed by atoms with van der Waals surface area (Å²) < 4.78 is 35.4. The molecule has 0 aromatic carbocycles. The van der Waals surface area contributed by atoms with Gasteiger partial charge in [-0.1, -0.05) is 0 Å². The van der Waals surface area contributed by atoms with E-state index >= 15 is 0 Å². The monoisotopic (exact) mass is 259 g/mol. The molecule has 0 saturated carbocycles. The van der Waals surface area contributed by atoms with Gasteiger partial charge in [0.15, 0.2) is 0 Å². The minimum Gasteiger partial charge on any atom is -0.494 e. The number of ether oxygens (including phenoxy) is 2. The van der Waals surface area contributed by atoms with Crippen molar-refractivity contribution < 1.29 is 23.0 Å². The number of carbonyl (C=O) groups excluding carboxylic acids is 1. The molecule has 0 fully saturated rings. The molecule has 1 aromatic heterocycles. The predicted octanol–water partition coefficient (Wildman–Crippen LogP) is 2.44. The van der Waals surface area contributed by atoms with Gasteiger partial charge in [0.05, 0.1) is 31.4 Å². The van der Waals surface area contributed by atoms with Gasteiger partial charge in [-0.25, -0.2) is 8.78 Å². The molecule has 1 heterocycles. The maximum atomic E-state index is 12.8. The summed E-state index contributed by atoms with van der Waals surface area (Å²) >= 11 is 0. The molecule has 6 heteroatoms. The Hall–Kier alpha value is -1.72. The van der Waals surface area contributed by atoms with Crippen LogP contribution in [-0.2, 0) is 16.0 Å². The number of methoxy groups -OCH3 is 1. The van der Waals surface area contributed by atoms with Gasteiger partial charge >= 0.3 is 5.97 Å². The zero-order valence-corrected chi connectivity index (χ0v) is 10.5. The van der Waals surface area contributed by atoms with Gasteiger partial charge in [-0.2, -0.15) is 0 Å². The molecule has 0 aliphatic carbocycles. The molecular formula is C12H15F2NO3. The van der Waals surface area contributed by atoms with E-state index in [0.717, 1.165) is 0 Å². The van der Waals surface area contributed by atoms with Crippen LogP contribution < -0.4 is 4.74 Å². The second kappa shape index (κ2) is 6.28. The summed E-state index contributed by atoms with van der Waals surface area (Å²) in [4.78, 5) is 15.4. The SMILES string of the molecule is CCOC(=O)Cc1nc(C)cc(C(F)F)c1OC. The second-order valence-electron chi connectivity index (χ2n) is 3.62.